The lowest BCUT2D eigenvalue weighted by Crippen LogP contribution is -2.00. The predicted octanol–water partition coefficient (Wildman–Crippen LogP) is 3.72. The van der Waals surface area contributed by atoms with E-state index in [1.165, 1.54) is 30.1 Å². The Hall–Kier alpha value is -1.59. The molecule has 1 aromatic heterocycles. The molecule has 3 nitrogen and oxygen atoms in total. The molecule has 1 N–H and O–H groups in total. The summed E-state index contributed by atoms with van der Waals surface area (Å²) in [7, 11) is 0. The highest BCUT2D eigenvalue weighted by molar-refractivity contribution is 7.99. The number of benzene rings is 1. The fourth-order valence-electron chi connectivity index (χ4n) is 1.30. The van der Waals surface area contributed by atoms with E-state index in [2.05, 4.69) is 4.98 Å². The number of pyridine rings is 1. The van der Waals surface area contributed by atoms with Gasteiger partial charge in [-0.15, -0.1) is 0 Å². The average Bonchev–Trinajstić information content (AvgIpc) is 2.34. The summed E-state index contributed by atoms with van der Waals surface area (Å²) in [6, 6.07) is 5.61. The minimum Gasteiger partial charge on any atom is -0.478 e. The molecule has 0 bridgehead atoms. The maximum Gasteiger partial charge on any atom is 0.338 e. The highest BCUT2D eigenvalue weighted by Gasteiger charge is 2.12. The Labute approximate surface area is 112 Å². The molecule has 0 fully saturated rings. The summed E-state index contributed by atoms with van der Waals surface area (Å²) in [5, 5.41) is 9.29. The van der Waals surface area contributed by atoms with Crippen molar-refractivity contribution in [3.8, 4) is 0 Å². The zero-order valence-corrected chi connectivity index (χ0v) is 10.5. The van der Waals surface area contributed by atoms with Crippen LogP contribution in [-0.4, -0.2) is 16.1 Å². The first-order chi connectivity index (χ1) is 8.58. The normalized spacial score (nSPS) is 10.3. The van der Waals surface area contributed by atoms with E-state index in [4.69, 9.17) is 16.7 Å². The van der Waals surface area contributed by atoms with Crippen molar-refractivity contribution in [1.29, 1.82) is 0 Å². The van der Waals surface area contributed by atoms with Crippen LogP contribution >= 0.6 is 23.4 Å². The van der Waals surface area contributed by atoms with Gasteiger partial charge in [0.25, 0.3) is 0 Å². The number of carboxylic acid groups (broad SMARTS) is 1. The number of carbonyl (C=O) groups is 1. The van der Waals surface area contributed by atoms with Gasteiger partial charge in [0.1, 0.15) is 5.82 Å². The van der Waals surface area contributed by atoms with Crippen LogP contribution in [0.5, 0.6) is 0 Å². The molecule has 0 spiro atoms. The van der Waals surface area contributed by atoms with Gasteiger partial charge in [-0.2, -0.15) is 0 Å². The van der Waals surface area contributed by atoms with Gasteiger partial charge in [0.15, 0.2) is 0 Å². The number of aromatic nitrogens is 1. The molecule has 2 rings (SSSR count). The van der Waals surface area contributed by atoms with Crippen molar-refractivity contribution in [2.45, 2.75) is 9.79 Å². The van der Waals surface area contributed by atoms with Crippen molar-refractivity contribution in [1.82, 2.24) is 4.98 Å². The van der Waals surface area contributed by atoms with Crippen LogP contribution < -0.4 is 0 Å². The second kappa shape index (κ2) is 5.37. The Morgan fingerprint density at radius 2 is 2.17 bits per heavy atom. The molecule has 0 radical (unpaired) electrons. The first-order valence-corrected chi connectivity index (χ1v) is 6.07. The van der Waals surface area contributed by atoms with Gasteiger partial charge in [0, 0.05) is 22.2 Å². The lowest BCUT2D eigenvalue weighted by molar-refractivity contribution is 0.0691. The van der Waals surface area contributed by atoms with Gasteiger partial charge in [-0.05, 0) is 24.3 Å². The summed E-state index contributed by atoms with van der Waals surface area (Å²) in [5.41, 5.74) is -0.356. The standard InChI is InChI=1S/C12H7ClFNO2S/c13-9-6-15-4-3-11(9)18-7-1-2-10(14)8(5-7)12(16)17/h1-6H,(H,16,17). The lowest BCUT2D eigenvalue weighted by Gasteiger charge is -2.05. The van der Waals surface area contributed by atoms with E-state index in [0.717, 1.165) is 11.0 Å². The Balaban J connectivity index is 2.33. The van der Waals surface area contributed by atoms with E-state index in [9.17, 15) is 9.18 Å². The molecular formula is C12H7ClFNO2S. The molecule has 0 atom stereocenters. The molecule has 0 aliphatic carbocycles. The summed E-state index contributed by atoms with van der Waals surface area (Å²) < 4.78 is 13.2. The first kappa shape index (κ1) is 12.9. The van der Waals surface area contributed by atoms with Gasteiger partial charge in [0.2, 0.25) is 0 Å². The van der Waals surface area contributed by atoms with Gasteiger partial charge in [-0.25, -0.2) is 9.18 Å². The van der Waals surface area contributed by atoms with E-state index in [1.807, 2.05) is 0 Å². The van der Waals surface area contributed by atoms with E-state index < -0.39 is 11.8 Å². The topological polar surface area (TPSA) is 50.2 Å². The highest BCUT2D eigenvalue weighted by Crippen LogP contribution is 2.33. The Kier molecular flexibility index (Phi) is 3.84. The lowest BCUT2D eigenvalue weighted by atomic mass is 10.2. The molecule has 0 aliphatic rings. The molecule has 92 valence electrons. The number of halogens is 2. The number of rotatable bonds is 3. The second-order valence-corrected chi connectivity index (χ2v) is 4.88. The molecular weight excluding hydrogens is 277 g/mol. The third-order valence-electron chi connectivity index (χ3n) is 2.13. The number of carboxylic acids is 1. The summed E-state index contributed by atoms with van der Waals surface area (Å²) in [6.45, 7) is 0. The second-order valence-electron chi connectivity index (χ2n) is 3.35. The molecule has 0 saturated carbocycles. The van der Waals surface area contributed by atoms with Gasteiger partial charge < -0.3 is 5.11 Å². The molecule has 1 heterocycles. The Morgan fingerprint density at radius 1 is 1.39 bits per heavy atom. The van der Waals surface area contributed by atoms with Crippen LogP contribution in [0.4, 0.5) is 4.39 Å². The number of hydrogen-bond donors (Lipinski definition) is 1. The van der Waals surface area contributed by atoms with Crippen LogP contribution in [0.1, 0.15) is 10.4 Å². The largest absolute Gasteiger partial charge is 0.478 e. The van der Waals surface area contributed by atoms with Crippen molar-refractivity contribution < 1.29 is 14.3 Å². The minimum absolute atomic E-state index is 0.356. The number of nitrogens with zero attached hydrogens (tertiary/aromatic N) is 1. The summed E-state index contributed by atoms with van der Waals surface area (Å²) in [4.78, 5) is 16.0. The summed E-state index contributed by atoms with van der Waals surface area (Å²) in [6.07, 6.45) is 3.07. The van der Waals surface area contributed by atoms with Crippen LogP contribution in [0.15, 0.2) is 46.5 Å². The fourth-order valence-corrected chi connectivity index (χ4v) is 2.38. The smallest absolute Gasteiger partial charge is 0.338 e. The molecule has 2 aromatic rings. The molecule has 0 unspecified atom stereocenters. The minimum atomic E-state index is -1.30. The fraction of sp³-hybridized carbons (Fsp3) is 0. The van der Waals surface area contributed by atoms with Crippen LogP contribution in [0, 0.1) is 5.82 Å². The summed E-state index contributed by atoms with van der Waals surface area (Å²) >= 11 is 7.19. The highest BCUT2D eigenvalue weighted by atomic mass is 35.5. The van der Waals surface area contributed by atoms with Gasteiger partial charge in [0.05, 0.1) is 10.6 Å². The monoisotopic (exact) mass is 283 g/mol. The van der Waals surface area contributed by atoms with E-state index in [0.29, 0.717) is 9.92 Å². The number of aromatic carboxylic acids is 1. The molecule has 6 heteroatoms. The van der Waals surface area contributed by atoms with Crippen LogP contribution in [-0.2, 0) is 0 Å². The van der Waals surface area contributed by atoms with Crippen LogP contribution in [0.3, 0.4) is 0 Å². The first-order valence-electron chi connectivity index (χ1n) is 4.88. The van der Waals surface area contributed by atoms with Gasteiger partial charge >= 0.3 is 5.97 Å². The molecule has 0 aliphatic heterocycles. The van der Waals surface area contributed by atoms with Crippen molar-refractivity contribution in [2.75, 3.05) is 0 Å². The predicted molar refractivity (Wildman–Crippen MR) is 66.7 cm³/mol. The van der Waals surface area contributed by atoms with Gasteiger partial charge in [-0.3, -0.25) is 4.98 Å². The van der Waals surface area contributed by atoms with Crippen molar-refractivity contribution in [3.05, 3.63) is 53.1 Å². The summed E-state index contributed by atoms with van der Waals surface area (Å²) in [5.74, 6) is -2.05. The number of hydrogen-bond acceptors (Lipinski definition) is 3. The zero-order chi connectivity index (χ0) is 13.1. The third-order valence-corrected chi connectivity index (χ3v) is 3.61. The molecule has 0 saturated heterocycles. The van der Waals surface area contributed by atoms with Crippen LogP contribution in [0.2, 0.25) is 5.02 Å². The molecule has 18 heavy (non-hydrogen) atoms. The van der Waals surface area contributed by atoms with Crippen molar-refractivity contribution >= 4 is 29.3 Å². The Morgan fingerprint density at radius 3 is 2.83 bits per heavy atom. The quantitative estimate of drug-likeness (QED) is 0.932. The average molecular weight is 284 g/mol. The van der Waals surface area contributed by atoms with E-state index >= 15 is 0 Å². The maximum atomic E-state index is 13.2. The molecule has 0 amide bonds. The van der Waals surface area contributed by atoms with E-state index in [1.54, 1.807) is 12.3 Å². The third kappa shape index (κ3) is 2.80. The SMILES string of the molecule is O=C(O)c1cc(Sc2ccncc2Cl)ccc1F. The van der Waals surface area contributed by atoms with Crippen molar-refractivity contribution in [3.63, 3.8) is 0 Å². The maximum absolute atomic E-state index is 13.2. The molecule has 1 aromatic carbocycles. The van der Waals surface area contributed by atoms with E-state index in [-0.39, 0.29) is 5.56 Å². The van der Waals surface area contributed by atoms with Crippen molar-refractivity contribution in [2.24, 2.45) is 0 Å². The van der Waals surface area contributed by atoms with Gasteiger partial charge in [-0.1, -0.05) is 23.4 Å². The Bertz CT molecular complexity index is 606. The van der Waals surface area contributed by atoms with Crippen LogP contribution in [0.25, 0.3) is 0 Å². The zero-order valence-electron chi connectivity index (χ0n) is 8.93.